The summed E-state index contributed by atoms with van der Waals surface area (Å²) in [5.41, 5.74) is 1.02. The number of rotatable bonds is 6. The maximum absolute atomic E-state index is 11.9. The number of ether oxygens (including phenoxy) is 1. The fourth-order valence-corrected chi connectivity index (χ4v) is 2.70. The van der Waals surface area contributed by atoms with E-state index in [4.69, 9.17) is 27.9 Å². The van der Waals surface area contributed by atoms with Gasteiger partial charge in [-0.1, -0.05) is 30.1 Å². The first-order valence-electron chi connectivity index (χ1n) is 6.81. The van der Waals surface area contributed by atoms with Gasteiger partial charge in [-0.15, -0.1) is 11.3 Å². The summed E-state index contributed by atoms with van der Waals surface area (Å²) in [6, 6.07) is 4.48. The van der Waals surface area contributed by atoms with Gasteiger partial charge in [-0.25, -0.2) is 4.98 Å². The van der Waals surface area contributed by atoms with Crippen LogP contribution in [-0.4, -0.2) is 23.4 Å². The van der Waals surface area contributed by atoms with E-state index in [2.05, 4.69) is 10.3 Å². The van der Waals surface area contributed by atoms with Gasteiger partial charge in [0.25, 0.3) is 5.91 Å². The molecule has 0 fully saturated rings. The highest BCUT2D eigenvalue weighted by Crippen LogP contribution is 2.22. The van der Waals surface area contributed by atoms with Gasteiger partial charge < -0.3 is 10.1 Å². The zero-order chi connectivity index (χ0) is 16.8. The minimum Gasteiger partial charge on any atom is -0.458 e. The SMILES string of the molecule is CCc1nc(COC(=O)CNC(=O)c2ccc(Cl)c(Cl)c2)cs1. The van der Waals surface area contributed by atoms with Gasteiger partial charge in [-0.3, -0.25) is 9.59 Å². The van der Waals surface area contributed by atoms with Crippen LogP contribution in [0.3, 0.4) is 0 Å². The fraction of sp³-hybridized carbons (Fsp3) is 0.267. The molecule has 23 heavy (non-hydrogen) atoms. The summed E-state index contributed by atoms with van der Waals surface area (Å²) in [7, 11) is 0. The highest BCUT2D eigenvalue weighted by atomic mass is 35.5. The van der Waals surface area contributed by atoms with Crippen molar-refractivity contribution >= 4 is 46.4 Å². The summed E-state index contributed by atoms with van der Waals surface area (Å²) >= 11 is 13.1. The Morgan fingerprint density at radius 3 is 2.74 bits per heavy atom. The molecular weight excluding hydrogens is 359 g/mol. The van der Waals surface area contributed by atoms with Crippen molar-refractivity contribution in [3.8, 4) is 0 Å². The molecule has 1 aromatic carbocycles. The predicted octanol–water partition coefficient (Wildman–Crippen LogP) is 3.49. The van der Waals surface area contributed by atoms with E-state index in [1.54, 1.807) is 0 Å². The van der Waals surface area contributed by atoms with Crippen molar-refractivity contribution in [1.29, 1.82) is 0 Å². The molecule has 1 heterocycles. The van der Waals surface area contributed by atoms with E-state index in [0.717, 1.165) is 11.4 Å². The number of thiazole rings is 1. The van der Waals surface area contributed by atoms with E-state index in [-0.39, 0.29) is 18.2 Å². The summed E-state index contributed by atoms with van der Waals surface area (Å²) in [6.45, 7) is 1.87. The molecule has 2 aromatic rings. The molecule has 0 atom stereocenters. The van der Waals surface area contributed by atoms with Gasteiger partial charge in [0, 0.05) is 10.9 Å². The molecule has 8 heteroatoms. The normalized spacial score (nSPS) is 10.4. The lowest BCUT2D eigenvalue weighted by Crippen LogP contribution is -2.30. The van der Waals surface area contributed by atoms with E-state index in [1.807, 2.05) is 12.3 Å². The summed E-state index contributed by atoms with van der Waals surface area (Å²) < 4.78 is 5.06. The molecule has 122 valence electrons. The first-order valence-corrected chi connectivity index (χ1v) is 8.45. The lowest BCUT2D eigenvalue weighted by molar-refractivity contribution is -0.143. The molecule has 2 rings (SSSR count). The molecule has 1 N–H and O–H groups in total. The van der Waals surface area contributed by atoms with E-state index < -0.39 is 11.9 Å². The molecule has 0 saturated carbocycles. The van der Waals surface area contributed by atoms with Crippen LogP contribution in [0, 0.1) is 0 Å². The van der Waals surface area contributed by atoms with Crippen molar-refractivity contribution in [2.45, 2.75) is 20.0 Å². The van der Waals surface area contributed by atoms with Crippen molar-refractivity contribution in [2.24, 2.45) is 0 Å². The number of aryl methyl sites for hydroxylation is 1. The molecule has 5 nitrogen and oxygen atoms in total. The van der Waals surface area contributed by atoms with Crippen LogP contribution in [0.1, 0.15) is 28.0 Å². The van der Waals surface area contributed by atoms with Gasteiger partial charge in [-0.2, -0.15) is 0 Å². The Labute approximate surface area is 147 Å². The van der Waals surface area contributed by atoms with Crippen molar-refractivity contribution in [3.63, 3.8) is 0 Å². The molecule has 0 radical (unpaired) electrons. The number of nitrogens with one attached hydrogen (secondary N) is 1. The first-order chi connectivity index (χ1) is 11.0. The second-order valence-corrected chi connectivity index (χ2v) is 6.32. The quantitative estimate of drug-likeness (QED) is 0.788. The number of hydrogen-bond acceptors (Lipinski definition) is 5. The number of nitrogens with zero attached hydrogens (tertiary/aromatic N) is 1. The van der Waals surface area contributed by atoms with Crippen LogP contribution in [0.25, 0.3) is 0 Å². The van der Waals surface area contributed by atoms with Crippen molar-refractivity contribution < 1.29 is 14.3 Å². The molecule has 0 aliphatic rings. The number of benzene rings is 1. The topological polar surface area (TPSA) is 68.3 Å². The highest BCUT2D eigenvalue weighted by molar-refractivity contribution is 7.09. The number of esters is 1. The van der Waals surface area contributed by atoms with Crippen LogP contribution < -0.4 is 5.32 Å². The minimum atomic E-state index is -0.538. The smallest absolute Gasteiger partial charge is 0.325 e. The number of halogens is 2. The Morgan fingerprint density at radius 2 is 2.09 bits per heavy atom. The fourth-order valence-electron chi connectivity index (χ4n) is 1.67. The molecule has 0 aliphatic carbocycles. The van der Waals surface area contributed by atoms with E-state index in [0.29, 0.717) is 16.3 Å². The van der Waals surface area contributed by atoms with Crippen LogP contribution in [0.2, 0.25) is 10.0 Å². The van der Waals surface area contributed by atoms with E-state index in [9.17, 15) is 9.59 Å². The molecule has 0 saturated heterocycles. The van der Waals surface area contributed by atoms with Gasteiger partial charge in [0.2, 0.25) is 0 Å². The Balaban J connectivity index is 1.79. The molecule has 1 aromatic heterocycles. The van der Waals surface area contributed by atoms with Gasteiger partial charge in [0.05, 0.1) is 20.7 Å². The number of hydrogen-bond donors (Lipinski definition) is 1. The zero-order valence-electron chi connectivity index (χ0n) is 12.3. The Hall–Kier alpha value is -1.63. The predicted molar refractivity (Wildman–Crippen MR) is 90.1 cm³/mol. The minimum absolute atomic E-state index is 0.0952. The maximum Gasteiger partial charge on any atom is 0.325 e. The van der Waals surface area contributed by atoms with Gasteiger partial charge in [-0.05, 0) is 24.6 Å². The summed E-state index contributed by atoms with van der Waals surface area (Å²) in [5, 5.41) is 5.94. The number of carbonyl (C=O) groups is 2. The summed E-state index contributed by atoms with van der Waals surface area (Å²) in [4.78, 5) is 27.8. The lowest BCUT2D eigenvalue weighted by Gasteiger charge is -2.06. The Morgan fingerprint density at radius 1 is 1.30 bits per heavy atom. The third-order valence-corrected chi connectivity index (χ3v) is 4.64. The third kappa shape index (κ3) is 5.20. The first kappa shape index (κ1) is 17.7. The second-order valence-electron chi connectivity index (χ2n) is 4.56. The molecule has 0 bridgehead atoms. The summed E-state index contributed by atoms with van der Waals surface area (Å²) in [5.74, 6) is -0.966. The van der Waals surface area contributed by atoms with Crippen molar-refractivity contribution in [3.05, 3.63) is 49.9 Å². The lowest BCUT2D eigenvalue weighted by atomic mass is 10.2. The molecule has 0 unspecified atom stereocenters. The Bertz CT molecular complexity index is 718. The number of amides is 1. The molecule has 1 amide bonds. The van der Waals surface area contributed by atoms with Crippen molar-refractivity contribution in [1.82, 2.24) is 10.3 Å². The summed E-state index contributed by atoms with van der Waals surface area (Å²) in [6.07, 6.45) is 0.846. The highest BCUT2D eigenvalue weighted by Gasteiger charge is 2.11. The standard InChI is InChI=1S/C15H14Cl2N2O3S/c1-2-13-19-10(8-23-13)7-22-14(20)6-18-15(21)9-3-4-11(16)12(17)5-9/h3-5,8H,2,6-7H2,1H3,(H,18,21). The second kappa shape index (κ2) is 8.29. The monoisotopic (exact) mass is 372 g/mol. The molecule has 0 spiro atoms. The van der Waals surface area contributed by atoms with Crippen LogP contribution >= 0.6 is 34.5 Å². The largest absolute Gasteiger partial charge is 0.458 e. The third-order valence-electron chi connectivity index (χ3n) is 2.86. The average Bonchev–Trinajstić information content (AvgIpc) is 3.01. The van der Waals surface area contributed by atoms with Gasteiger partial charge >= 0.3 is 5.97 Å². The van der Waals surface area contributed by atoms with Crippen LogP contribution in [0.15, 0.2) is 23.6 Å². The molecule has 0 aliphatic heterocycles. The zero-order valence-corrected chi connectivity index (χ0v) is 14.6. The number of carbonyl (C=O) groups excluding carboxylic acids is 2. The van der Waals surface area contributed by atoms with Crippen LogP contribution in [0.4, 0.5) is 0 Å². The molecular formula is C15H14Cl2N2O3S. The van der Waals surface area contributed by atoms with E-state index in [1.165, 1.54) is 29.5 Å². The van der Waals surface area contributed by atoms with Gasteiger partial charge in [0.1, 0.15) is 13.2 Å². The Kier molecular flexibility index (Phi) is 6.38. The van der Waals surface area contributed by atoms with Crippen LogP contribution in [-0.2, 0) is 22.6 Å². The average molecular weight is 373 g/mol. The van der Waals surface area contributed by atoms with Gasteiger partial charge in [0.15, 0.2) is 0 Å². The van der Waals surface area contributed by atoms with Crippen molar-refractivity contribution in [2.75, 3.05) is 6.54 Å². The van der Waals surface area contributed by atoms with E-state index >= 15 is 0 Å². The number of aromatic nitrogens is 1. The maximum atomic E-state index is 11.9. The van der Waals surface area contributed by atoms with Crippen LogP contribution in [0.5, 0.6) is 0 Å².